The lowest BCUT2D eigenvalue weighted by Gasteiger charge is -2.60. The number of fused-ring (bicyclic) bond motifs is 2. The largest absolute Gasteiger partial charge is 0.444 e. The van der Waals surface area contributed by atoms with Gasteiger partial charge < -0.3 is 14.4 Å². The van der Waals surface area contributed by atoms with Crippen LogP contribution in [0.25, 0.3) is 0 Å². The van der Waals surface area contributed by atoms with Crippen molar-refractivity contribution in [3.63, 3.8) is 0 Å². The Bertz CT molecular complexity index is 337. The SMILES string of the molecule is CC(C)(C)OC(=O)N1CC2CC(C1)N2C1COC1. The van der Waals surface area contributed by atoms with E-state index in [1.165, 1.54) is 6.42 Å². The summed E-state index contributed by atoms with van der Waals surface area (Å²) in [6.45, 7) is 9.07. The molecule has 0 spiro atoms. The molecule has 1 amide bonds. The molecule has 18 heavy (non-hydrogen) atoms. The molecular formula is C13H22N2O3. The maximum absolute atomic E-state index is 12.0. The summed E-state index contributed by atoms with van der Waals surface area (Å²) in [6.07, 6.45) is 1.05. The van der Waals surface area contributed by atoms with E-state index in [0.29, 0.717) is 18.1 Å². The van der Waals surface area contributed by atoms with Gasteiger partial charge in [-0.25, -0.2) is 4.79 Å². The van der Waals surface area contributed by atoms with E-state index in [1.807, 2.05) is 25.7 Å². The van der Waals surface area contributed by atoms with Gasteiger partial charge in [0.15, 0.2) is 0 Å². The number of amides is 1. The summed E-state index contributed by atoms with van der Waals surface area (Å²) < 4.78 is 10.7. The number of hydrogen-bond donors (Lipinski definition) is 0. The lowest BCUT2D eigenvalue weighted by atomic mass is 9.85. The highest BCUT2D eigenvalue weighted by molar-refractivity contribution is 5.68. The van der Waals surface area contributed by atoms with Crippen LogP contribution in [0.15, 0.2) is 0 Å². The zero-order valence-electron chi connectivity index (χ0n) is 11.4. The van der Waals surface area contributed by atoms with Crippen molar-refractivity contribution >= 4 is 6.09 Å². The van der Waals surface area contributed by atoms with Gasteiger partial charge in [0.2, 0.25) is 0 Å². The molecule has 0 aromatic rings. The fourth-order valence-electron chi connectivity index (χ4n) is 3.11. The van der Waals surface area contributed by atoms with E-state index >= 15 is 0 Å². The molecule has 2 atom stereocenters. The zero-order valence-corrected chi connectivity index (χ0v) is 11.4. The van der Waals surface area contributed by atoms with Gasteiger partial charge in [0.25, 0.3) is 0 Å². The molecule has 4 aliphatic rings. The van der Waals surface area contributed by atoms with Crippen LogP contribution in [0.3, 0.4) is 0 Å². The van der Waals surface area contributed by atoms with Crippen molar-refractivity contribution in [2.75, 3.05) is 26.3 Å². The summed E-state index contributed by atoms with van der Waals surface area (Å²) in [5, 5.41) is 0. The molecule has 0 aliphatic carbocycles. The Morgan fingerprint density at radius 3 is 2.22 bits per heavy atom. The average Bonchev–Trinajstić information content (AvgIpc) is 2.20. The third kappa shape index (κ3) is 2.10. The van der Waals surface area contributed by atoms with Gasteiger partial charge in [0.1, 0.15) is 5.60 Å². The van der Waals surface area contributed by atoms with Crippen molar-refractivity contribution in [1.29, 1.82) is 0 Å². The van der Waals surface area contributed by atoms with E-state index < -0.39 is 5.60 Å². The maximum Gasteiger partial charge on any atom is 0.410 e. The number of piperazine rings is 1. The number of carbonyl (C=O) groups is 1. The third-order valence-corrected chi connectivity index (χ3v) is 3.94. The summed E-state index contributed by atoms with van der Waals surface area (Å²) in [7, 11) is 0. The van der Waals surface area contributed by atoms with Crippen LogP contribution in [-0.2, 0) is 9.47 Å². The highest BCUT2D eigenvalue weighted by atomic mass is 16.6. The normalized spacial score (nSPS) is 32.7. The van der Waals surface area contributed by atoms with E-state index in [-0.39, 0.29) is 6.09 Å². The molecule has 102 valence electrons. The minimum absolute atomic E-state index is 0.165. The van der Waals surface area contributed by atoms with Gasteiger partial charge in [-0.1, -0.05) is 0 Å². The van der Waals surface area contributed by atoms with Gasteiger partial charge in [-0.15, -0.1) is 0 Å². The lowest BCUT2D eigenvalue weighted by molar-refractivity contribution is -0.164. The van der Waals surface area contributed by atoms with Gasteiger partial charge >= 0.3 is 6.09 Å². The van der Waals surface area contributed by atoms with Crippen molar-refractivity contribution in [3.05, 3.63) is 0 Å². The Hall–Kier alpha value is -0.810. The number of hydrogen-bond acceptors (Lipinski definition) is 4. The first-order valence-electron chi connectivity index (χ1n) is 6.77. The first-order chi connectivity index (χ1) is 8.44. The van der Waals surface area contributed by atoms with Gasteiger partial charge in [0, 0.05) is 25.2 Å². The fourth-order valence-corrected chi connectivity index (χ4v) is 3.11. The van der Waals surface area contributed by atoms with Crippen LogP contribution < -0.4 is 0 Å². The second-order valence-electron chi connectivity index (χ2n) is 6.57. The first kappa shape index (κ1) is 12.2. The summed E-state index contributed by atoms with van der Waals surface area (Å²) >= 11 is 0. The number of ether oxygens (including phenoxy) is 2. The molecule has 4 heterocycles. The highest BCUT2D eigenvalue weighted by Crippen LogP contribution is 2.36. The van der Waals surface area contributed by atoms with Crippen molar-refractivity contribution in [1.82, 2.24) is 9.80 Å². The van der Waals surface area contributed by atoms with E-state index in [0.717, 1.165) is 26.3 Å². The molecule has 5 heteroatoms. The van der Waals surface area contributed by atoms with Gasteiger partial charge in [-0.3, -0.25) is 4.90 Å². The molecule has 4 saturated heterocycles. The van der Waals surface area contributed by atoms with E-state index in [1.54, 1.807) is 0 Å². The Kier molecular flexibility index (Phi) is 2.79. The zero-order chi connectivity index (χ0) is 12.9. The van der Waals surface area contributed by atoms with Gasteiger partial charge in [-0.05, 0) is 27.2 Å². The molecule has 0 aromatic heterocycles. The van der Waals surface area contributed by atoms with Crippen LogP contribution in [0, 0.1) is 0 Å². The van der Waals surface area contributed by atoms with Gasteiger partial charge in [0.05, 0.1) is 19.3 Å². The summed E-state index contributed by atoms with van der Waals surface area (Å²) in [5.74, 6) is 0. The topological polar surface area (TPSA) is 42.0 Å². The van der Waals surface area contributed by atoms with Crippen LogP contribution in [0.4, 0.5) is 4.79 Å². The maximum atomic E-state index is 12.0. The molecule has 4 fully saturated rings. The average molecular weight is 254 g/mol. The Balaban J connectivity index is 1.55. The minimum Gasteiger partial charge on any atom is -0.444 e. The van der Waals surface area contributed by atoms with Crippen molar-refractivity contribution in [2.24, 2.45) is 0 Å². The van der Waals surface area contributed by atoms with Crippen molar-refractivity contribution < 1.29 is 14.3 Å². The molecule has 2 unspecified atom stereocenters. The molecule has 0 aromatic carbocycles. The second kappa shape index (κ2) is 4.10. The quantitative estimate of drug-likeness (QED) is 0.702. The monoisotopic (exact) mass is 254 g/mol. The van der Waals surface area contributed by atoms with Crippen LogP contribution in [0.1, 0.15) is 27.2 Å². The van der Waals surface area contributed by atoms with E-state index in [4.69, 9.17) is 9.47 Å². The molecule has 5 nitrogen and oxygen atoms in total. The predicted molar refractivity (Wildman–Crippen MR) is 66.4 cm³/mol. The van der Waals surface area contributed by atoms with Crippen molar-refractivity contribution in [2.45, 2.75) is 50.9 Å². The van der Waals surface area contributed by atoms with Crippen LogP contribution in [0.5, 0.6) is 0 Å². The molecule has 0 saturated carbocycles. The number of rotatable bonds is 1. The fraction of sp³-hybridized carbons (Fsp3) is 0.923. The Morgan fingerprint density at radius 1 is 1.17 bits per heavy atom. The first-order valence-corrected chi connectivity index (χ1v) is 6.77. The number of carbonyl (C=O) groups excluding carboxylic acids is 1. The summed E-state index contributed by atoms with van der Waals surface area (Å²) in [6, 6.07) is 1.63. The van der Waals surface area contributed by atoms with E-state index in [9.17, 15) is 4.79 Å². The van der Waals surface area contributed by atoms with Crippen molar-refractivity contribution in [3.8, 4) is 0 Å². The molecule has 2 bridgehead atoms. The summed E-state index contributed by atoms with van der Waals surface area (Å²) in [4.78, 5) is 16.4. The Morgan fingerprint density at radius 2 is 1.78 bits per heavy atom. The van der Waals surface area contributed by atoms with Crippen LogP contribution in [-0.4, -0.2) is 65.9 Å². The predicted octanol–water partition coefficient (Wildman–Crippen LogP) is 1.08. The Labute approximate surface area is 108 Å². The smallest absolute Gasteiger partial charge is 0.410 e. The third-order valence-electron chi connectivity index (χ3n) is 3.94. The lowest BCUT2D eigenvalue weighted by Crippen LogP contribution is -2.74. The molecule has 0 radical (unpaired) electrons. The highest BCUT2D eigenvalue weighted by Gasteiger charge is 2.50. The molecule has 0 N–H and O–H groups in total. The standard InChI is InChI=1S/C13H22N2O3/c1-13(2,3)18-12(16)14-5-9-4-10(6-14)15(9)11-7-17-8-11/h9-11H,4-8H2,1-3H3. The number of nitrogens with zero attached hydrogens (tertiary/aromatic N) is 2. The van der Waals surface area contributed by atoms with Crippen LogP contribution >= 0.6 is 0 Å². The van der Waals surface area contributed by atoms with Crippen LogP contribution in [0.2, 0.25) is 0 Å². The second-order valence-corrected chi connectivity index (χ2v) is 6.57. The number of piperidine rings is 1. The molecular weight excluding hydrogens is 232 g/mol. The molecule has 4 aliphatic heterocycles. The van der Waals surface area contributed by atoms with E-state index in [2.05, 4.69) is 4.90 Å². The minimum atomic E-state index is -0.403. The summed E-state index contributed by atoms with van der Waals surface area (Å²) in [5.41, 5.74) is -0.403. The van der Waals surface area contributed by atoms with Gasteiger partial charge in [-0.2, -0.15) is 0 Å². The molecule has 4 rings (SSSR count).